The molecule has 0 unspecified atom stereocenters. The largest absolute Gasteiger partial charge is 0.274 e. The summed E-state index contributed by atoms with van der Waals surface area (Å²) in [5.74, 6) is -1.76. The second-order valence-electron chi connectivity index (χ2n) is 5.99. The van der Waals surface area contributed by atoms with Crippen molar-refractivity contribution in [2.24, 2.45) is 10.2 Å². The third-order valence-electron chi connectivity index (χ3n) is 3.40. The lowest BCUT2D eigenvalue weighted by Gasteiger charge is -2.10. The van der Waals surface area contributed by atoms with Crippen LogP contribution in [0.1, 0.15) is 13.8 Å². The van der Waals surface area contributed by atoms with Crippen LogP contribution in [0.5, 0.6) is 0 Å². The van der Waals surface area contributed by atoms with Gasteiger partial charge in [-0.05, 0) is 24.3 Å². The standard InChI is InChI=1S/C16H12Cl4N4O6S2/c1-7(25)23-31(27,28)15-5-11(19)9(17)3-13(15)21-22-14-4-10(18)12(20)6-16(14)32(29,30)24-8(2)26/h3-6H,1-2H3,(H,23,25)(H,24,26). The van der Waals surface area contributed by atoms with Crippen LogP contribution < -0.4 is 9.44 Å². The monoisotopic (exact) mass is 560 g/mol. The van der Waals surface area contributed by atoms with Gasteiger partial charge < -0.3 is 0 Å². The Labute approximate surface area is 203 Å². The molecule has 0 saturated carbocycles. The minimum atomic E-state index is -4.42. The van der Waals surface area contributed by atoms with Crippen LogP contribution in [0.2, 0.25) is 20.1 Å². The molecule has 0 radical (unpaired) electrons. The van der Waals surface area contributed by atoms with Gasteiger partial charge in [0.05, 0.1) is 20.1 Å². The predicted molar refractivity (Wildman–Crippen MR) is 119 cm³/mol. The molecule has 2 aromatic carbocycles. The van der Waals surface area contributed by atoms with E-state index >= 15 is 0 Å². The minimum Gasteiger partial charge on any atom is -0.274 e. The normalized spacial score (nSPS) is 12.1. The summed E-state index contributed by atoms with van der Waals surface area (Å²) in [6.07, 6.45) is 0. The molecule has 0 fully saturated rings. The van der Waals surface area contributed by atoms with Crippen molar-refractivity contribution in [3.05, 3.63) is 44.4 Å². The van der Waals surface area contributed by atoms with Crippen molar-refractivity contribution in [3.8, 4) is 0 Å². The summed E-state index contributed by atoms with van der Waals surface area (Å²) in [4.78, 5) is 21.4. The summed E-state index contributed by atoms with van der Waals surface area (Å²) in [5.41, 5.74) is -0.746. The van der Waals surface area contributed by atoms with Gasteiger partial charge in [-0.15, -0.1) is 10.2 Å². The molecule has 172 valence electrons. The molecule has 0 aliphatic carbocycles. The Hall–Kier alpha value is -1.96. The summed E-state index contributed by atoms with van der Waals surface area (Å²) in [7, 11) is -8.84. The molecule has 2 N–H and O–H groups in total. The zero-order valence-corrected chi connectivity index (χ0v) is 20.6. The first kappa shape index (κ1) is 26.3. The molecule has 10 nitrogen and oxygen atoms in total. The molecule has 2 rings (SSSR count). The van der Waals surface area contributed by atoms with Crippen LogP contribution in [0.15, 0.2) is 44.3 Å². The molecule has 0 aliphatic rings. The van der Waals surface area contributed by atoms with Crippen molar-refractivity contribution in [3.63, 3.8) is 0 Å². The van der Waals surface area contributed by atoms with E-state index in [2.05, 4.69) is 10.2 Å². The molecule has 0 spiro atoms. The maximum Gasteiger partial charge on any atom is 0.266 e. The molecule has 0 atom stereocenters. The summed E-state index contributed by atoms with van der Waals surface area (Å²) < 4.78 is 53.4. The Morgan fingerprint density at radius 3 is 1.22 bits per heavy atom. The maximum absolute atomic E-state index is 12.5. The molecule has 16 heteroatoms. The lowest BCUT2D eigenvalue weighted by atomic mass is 10.3. The van der Waals surface area contributed by atoms with E-state index in [1.54, 1.807) is 9.44 Å². The minimum absolute atomic E-state index is 0.0948. The van der Waals surface area contributed by atoms with Gasteiger partial charge in [-0.3, -0.25) is 9.59 Å². The molecule has 0 bridgehead atoms. The lowest BCUT2D eigenvalue weighted by Crippen LogP contribution is -2.28. The Balaban J connectivity index is 2.71. The molecule has 0 aromatic heterocycles. The van der Waals surface area contributed by atoms with Crippen LogP contribution in [-0.4, -0.2) is 28.6 Å². The van der Waals surface area contributed by atoms with Crippen LogP contribution in [0, 0.1) is 0 Å². The van der Waals surface area contributed by atoms with Crippen LogP contribution in [0.25, 0.3) is 0 Å². The summed E-state index contributed by atoms with van der Waals surface area (Å²) >= 11 is 23.6. The van der Waals surface area contributed by atoms with Gasteiger partial charge in [-0.2, -0.15) is 0 Å². The molecular weight excluding hydrogens is 550 g/mol. The average molecular weight is 562 g/mol. The quantitative estimate of drug-likeness (QED) is 0.500. The van der Waals surface area contributed by atoms with E-state index in [9.17, 15) is 26.4 Å². The first-order chi connectivity index (χ1) is 14.6. The van der Waals surface area contributed by atoms with Crippen molar-refractivity contribution in [1.82, 2.24) is 9.44 Å². The Kier molecular flexibility index (Phi) is 8.13. The third-order valence-corrected chi connectivity index (χ3v) is 7.77. The second kappa shape index (κ2) is 9.89. The van der Waals surface area contributed by atoms with Crippen LogP contribution in [0.3, 0.4) is 0 Å². The fourth-order valence-corrected chi connectivity index (χ4v) is 5.26. The third kappa shape index (κ3) is 6.30. The number of carbonyl (C=O) groups is 2. The lowest BCUT2D eigenvalue weighted by molar-refractivity contribution is -0.118. The number of azo groups is 1. The van der Waals surface area contributed by atoms with Crippen LogP contribution in [0.4, 0.5) is 11.4 Å². The number of halogens is 4. The van der Waals surface area contributed by atoms with Crippen LogP contribution in [-0.2, 0) is 29.6 Å². The van der Waals surface area contributed by atoms with E-state index in [0.717, 1.165) is 38.1 Å². The number of benzene rings is 2. The fraction of sp³-hybridized carbons (Fsp3) is 0.125. The number of hydrogen-bond acceptors (Lipinski definition) is 8. The van der Waals surface area contributed by atoms with Crippen molar-refractivity contribution in [2.75, 3.05) is 0 Å². The number of sulfonamides is 2. The number of rotatable bonds is 6. The van der Waals surface area contributed by atoms with Crippen molar-refractivity contribution in [1.29, 1.82) is 0 Å². The Bertz CT molecular complexity index is 1260. The van der Waals surface area contributed by atoms with Crippen molar-refractivity contribution >= 4 is 89.6 Å². The highest BCUT2D eigenvalue weighted by atomic mass is 35.5. The molecular formula is C16H12Cl4N4O6S2. The van der Waals surface area contributed by atoms with E-state index in [4.69, 9.17) is 46.4 Å². The average Bonchev–Trinajstić information content (AvgIpc) is 2.62. The van der Waals surface area contributed by atoms with Gasteiger partial charge in [0.25, 0.3) is 20.0 Å². The molecule has 0 aliphatic heterocycles. The number of nitrogens with one attached hydrogen (secondary N) is 2. The summed E-state index contributed by atoms with van der Waals surface area (Å²) in [5, 5.41) is 7.00. The second-order valence-corrected chi connectivity index (χ2v) is 10.9. The van der Waals surface area contributed by atoms with Gasteiger partial charge in [0, 0.05) is 13.8 Å². The van der Waals surface area contributed by atoms with Crippen molar-refractivity contribution < 1.29 is 26.4 Å². The van der Waals surface area contributed by atoms with Gasteiger partial charge in [0.1, 0.15) is 21.2 Å². The number of amides is 2. The van der Waals surface area contributed by atoms with Gasteiger partial charge in [-0.25, -0.2) is 26.3 Å². The van der Waals surface area contributed by atoms with E-state index in [1.165, 1.54) is 0 Å². The van der Waals surface area contributed by atoms with Crippen LogP contribution >= 0.6 is 46.4 Å². The molecule has 0 saturated heterocycles. The predicted octanol–water partition coefficient (Wildman–Crippen LogP) is 4.37. The maximum atomic E-state index is 12.5. The Morgan fingerprint density at radius 1 is 0.656 bits per heavy atom. The highest BCUT2D eigenvalue weighted by Crippen LogP contribution is 2.37. The first-order valence-corrected chi connectivity index (χ1v) is 12.6. The van der Waals surface area contributed by atoms with E-state index in [0.29, 0.717) is 0 Å². The SMILES string of the molecule is CC(=O)NS(=O)(=O)c1cc(Cl)c(Cl)cc1N=Nc1cc(Cl)c(Cl)cc1S(=O)(=O)NC(C)=O. The zero-order chi connectivity index (χ0) is 24.4. The Morgan fingerprint density at radius 2 is 0.938 bits per heavy atom. The molecule has 32 heavy (non-hydrogen) atoms. The molecule has 2 amide bonds. The van der Waals surface area contributed by atoms with Gasteiger partial charge >= 0.3 is 0 Å². The summed E-state index contributed by atoms with van der Waals surface area (Å²) in [6, 6.07) is 3.96. The van der Waals surface area contributed by atoms with Gasteiger partial charge in [0.15, 0.2) is 0 Å². The van der Waals surface area contributed by atoms with Crippen molar-refractivity contribution in [2.45, 2.75) is 23.6 Å². The van der Waals surface area contributed by atoms with Gasteiger partial charge in [-0.1, -0.05) is 46.4 Å². The van der Waals surface area contributed by atoms with E-state index < -0.39 is 41.7 Å². The zero-order valence-electron chi connectivity index (χ0n) is 16.0. The van der Waals surface area contributed by atoms with E-state index in [1.807, 2.05) is 0 Å². The smallest absolute Gasteiger partial charge is 0.266 e. The number of hydrogen-bond donors (Lipinski definition) is 2. The number of carbonyl (C=O) groups excluding carboxylic acids is 2. The molecule has 0 heterocycles. The summed E-state index contributed by atoms with van der Waals surface area (Å²) in [6.45, 7) is 1.95. The van der Waals surface area contributed by atoms with E-state index in [-0.39, 0.29) is 31.5 Å². The highest BCUT2D eigenvalue weighted by Gasteiger charge is 2.24. The number of nitrogens with zero attached hydrogens (tertiary/aromatic N) is 2. The fourth-order valence-electron chi connectivity index (χ4n) is 2.22. The molecule has 2 aromatic rings. The van der Waals surface area contributed by atoms with Gasteiger partial charge in [0.2, 0.25) is 11.8 Å². The first-order valence-electron chi connectivity index (χ1n) is 8.10. The highest BCUT2D eigenvalue weighted by molar-refractivity contribution is 7.90. The topological polar surface area (TPSA) is 151 Å².